The van der Waals surface area contributed by atoms with E-state index in [1.54, 1.807) is 23.1 Å². The molecule has 0 saturated carbocycles. The summed E-state index contributed by atoms with van der Waals surface area (Å²) in [5, 5.41) is 17.6. The van der Waals surface area contributed by atoms with Crippen molar-refractivity contribution in [3.05, 3.63) is 48.0 Å². The van der Waals surface area contributed by atoms with Crippen LogP contribution in [0.25, 0.3) is 11.5 Å². The van der Waals surface area contributed by atoms with Crippen LogP contribution in [0.5, 0.6) is 11.5 Å². The number of benzene rings is 2. The summed E-state index contributed by atoms with van der Waals surface area (Å²) in [4.78, 5) is 14.6. The second-order valence-electron chi connectivity index (χ2n) is 8.77. The zero-order chi connectivity index (χ0) is 24.1. The molecule has 34 heavy (non-hydrogen) atoms. The molecule has 9 heteroatoms. The fourth-order valence-electron chi connectivity index (χ4n) is 3.46. The van der Waals surface area contributed by atoms with Gasteiger partial charge in [-0.15, -0.1) is 10.2 Å². The molecule has 4 rings (SSSR count). The summed E-state index contributed by atoms with van der Waals surface area (Å²) < 4.78 is 17.0. The summed E-state index contributed by atoms with van der Waals surface area (Å²) in [6.45, 7) is 7.69. The Hall–Kier alpha value is -3.51. The lowest BCUT2D eigenvalue weighted by atomic mass is 9.87. The highest BCUT2D eigenvalue weighted by atomic mass is 32.2. The quantitative estimate of drug-likeness (QED) is 0.445. The van der Waals surface area contributed by atoms with Crippen LogP contribution in [-0.2, 0) is 10.2 Å². The fraction of sp³-hybridized carbons (Fsp3) is 0.360. The average molecular weight is 479 g/mol. The van der Waals surface area contributed by atoms with Crippen molar-refractivity contribution < 1.29 is 18.7 Å². The van der Waals surface area contributed by atoms with Gasteiger partial charge in [-0.05, 0) is 35.2 Å². The van der Waals surface area contributed by atoms with Gasteiger partial charge in [0.05, 0.1) is 18.2 Å². The third-order valence-electron chi connectivity index (χ3n) is 5.31. The zero-order valence-electron chi connectivity index (χ0n) is 19.4. The van der Waals surface area contributed by atoms with Crippen LogP contribution < -0.4 is 14.4 Å². The Kier molecular flexibility index (Phi) is 7.08. The van der Waals surface area contributed by atoms with E-state index in [1.165, 1.54) is 17.3 Å². The number of fused-ring (bicyclic) bond motifs is 1. The summed E-state index contributed by atoms with van der Waals surface area (Å²) in [5.41, 5.74) is 2.75. The Balaban J connectivity index is 1.43. The molecular formula is C25H26N4O4S. The summed E-state index contributed by atoms with van der Waals surface area (Å²) in [5.74, 6) is 1.55. The molecule has 1 aliphatic rings. The van der Waals surface area contributed by atoms with Crippen molar-refractivity contribution >= 4 is 23.4 Å². The minimum Gasteiger partial charge on any atom is -0.486 e. The number of anilines is 1. The van der Waals surface area contributed by atoms with Crippen LogP contribution in [0.2, 0.25) is 0 Å². The van der Waals surface area contributed by atoms with Crippen LogP contribution in [0.3, 0.4) is 0 Å². The third-order valence-corrected chi connectivity index (χ3v) is 6.11. The number of thioether (sulfide) groups is 1. The van der Waals surface area contributed by atoms with Crippen LogP contribution >= 0.6 is 11.8 Å². The number of carbonyl (C=O) groups excluding carboxylic acids is 1. The molecule has 0 spiro atoms. The molecule has 2 heterocycles. The van der Waals surface area contributed by atoms with Gasteiger partial charge in [0.25, 0.3) is 5.22 Å². The van der Waals surface area contributed by atoms with Crippen molar-refractivity contribution in [1.29, 1.82) is 5.26 Å². The van der Waals surface area contributed by atoms with Crippen molar-refractivity contribution in [2.45, 2.75) is 37.8 Å². The monoisotopic (exact) mass is 478 g/mol. The number of aromatic nitrogens is 2. The standard InChI is InChI=1S/C25H26N4O4S/c1-25(2,3)18-7-5-17(6-8-18)23-27-28-24(33-23)34-16-22(30)29(12-4-11-26)19-9-10-20-21(15-19)32-14-13-31-20/h5-10,15H,4,12-14,16H2,1-3H3. The Morgan fingerprint density at radius 1 is 1.09 bits per heavy atom. The molecule has 2 aromatic carbocycles. The van der Waals surface area contributed by atoms with E-state index in [1.807, 2.05) is 12.1 Å². The molecule has 0 bridgehead atoms. The molecule has 1 aliphatic heterocycles. The third kappa shape index (κ3) is 5.51. The van der Waals surface area contributed by atoms with Crippen LogP contribution in [0.1, 0.15) is 32.8 Å². The highest BCUT2D eigenvalue weighted by Gasteiger charge is 2.21. The average Bonchev–Trinajstić information content (AvgIpc) is 3.31. The van der Waals surface area contributed by atoms with E-state index in [0.29, 0.717) is 41.5 Å². The SMILES string of the molecule is CC(C)(C)c1ccc(-c2nnc(SCC(=O)N(CCC#N)c3ccc4c(c3)OCCO4)o2)cc1. The van der Waals surface area contributed by atoms with Gasteiger partial charge in [-0.25, -0.2) is 0 Å². The minimum atomic E-state index is -0.175. The Morgan fingerprint density at radius 2 is 1.82 bits per heavy atom. The van der Waals surface area contributed by atoms with Crippen molar-refractivity contribution in [2.24, 2.45) is 0 Å². The van der Waals surface area contributed by atoms with E-state index in [2.05, 4.69) is 49.2 Å². The van der Waals surface area contributed by atoms with Crippen molar-refractivity contribution in [1.82, 2.24) is 10.2 Å². The van der Waals surface area contributed by atoms with Crippen molar-refractivity contribution in [3.63, 3.8) is 0 Å². The van der Waals surface area contributed by atoms with E-state index in [9.17, 15) is 4.79 Å². The maximum Gasteiger partial charge on any atom is 0.277 e. The van der Waals surface area contributed by atoms with Gasteiger partial charge in [0.15, 0.2) is 11.5 Å². The summed E-state index contributed by atoms with van der Waals surface area (Å²) >= 11 is 1.17. The Bertz CT molecular complexity index is 1190. The molecule has 0 aliphatic carbocycles. The highest BCUT2D eigenvalue weighted by molar-refractivity contribution is 7.99. The zero-order valence-corrected chi connectivity index (χ0v) is 20.2. The van der Waals surface area contributed by atoms with E-state index in [-0.39, 0.29) is 30.0 Å². The molecule has 1 amide bonds. The largest absolute Gasteiger partial charge is 0.486 e. The molecule has 0 fully saturated rings. The Morgan fingerprint density at radius 3 is 2.53 bits per heavy atom. The molecule has 0 saturated heterocycles. The van der Waals surface area contributed by atoms with E-state index >= 15 is 0 Å². The number of ether oxygens (including phenoxy) is 2. The van der Waals surface area contributed by atoms with Gasteiger partial charge >= 0.3 is 0 Å². The predicted molar refractivity (Wildman–Crippen MR) is 129 cm³/mol. The first-order valence-corrected chi connectivity index (χ1v) is 12.0. The van der Waals surface area contributed by atoms with E-state index < -0.39 is 0 Å². The highest BCUT2D eigenvalue weighted by Crippen LogP contribution is 2.34. The van der Waals surface area contributed by atoms with Gasteiger partial charge in [0.2, 0.25) is 11.8 Å². The van der Waals surface area contributed by atoms with Crippen LogP contribution in [0.15, 0.2) is 52.1 Å². The van der Waals surface area contributed by atoms with Crippen LogP contribution in [0.4, 0.5) is 5.69 Å². The molecule has 0 N–H and O–H groups in total. The number of nitriles is 1. The molecule has 1 aromatic heterocycles. The Labute approximate surface area is 202 Å². The van der Waals surface area contributed by atoms with E-state index in [4.69, 9.17) is 19.2 Å². The first kappa shape index (κ1) is 23.6. The van der Waals surface area contributed by atoms with Gasteiger partial charge in [0, 0.05) is 23.9 Å². The summed E-state index contributed by atoms with van der Waals surface area (Å²) in [6.07, 6.45) is 0.208. The van der Waals surface area contributed by atoms with Gasteiger partial charge in [-0.2, -0.15) is 5.26 Å². The van der Waals surface area contributed by atoms with Crippen LogP contribution in [-0.4, -0.2) is 41.6 Å². The van der Waals surface area contributed by atoms with E-state index in [0.717, 1.165) is 5.56 Å². The molecule has 176 valence electrons. The first-order valence-electron chi connectivity index (χ1n) is 11.0. The lowest BCUT2D eigenvalue weighted by molar-refractivity contribution is -0.116. The number of hydrogen-bond acceptors (Lipinski definition) is 8. The lowest BCUT2D eigenvalue weighted by Crippen LogP contribution is -2.33. The number of rotatable bonds is 7. The molecule has 0 atom stereocenters. The maximum atomic E-state index is 13.0. The maximum absolute atomic E-state index is 13.0. The minimum absolute atomic E-state index is 0.0589. The smallest absolute Gasteiger partial charge is 0.277 e. The first-order chi connectivity index (χ1) is 16.3. The summed E-state index contributed by atoms with van der Waals surface area (Å²) in [6, 6.07) is 15.4. The fourth-order valence-corrected chi connectivity index (χ4v) is 4.10. The van der Waals surface area contributed by atoms with Gasteiger partial charge < -0.3 is 18.8 Å². The number of nitrogens with zero attached hydrogens (tertiary/aromatic N) is 4. The second-order valence-corrected chi connectivity index (χ2v) is 9.70. The van der Waals surface area contributed by atoms with Crippen LogP contribution in [0, 0.1) is 11.3 Å². The normalized spacial score (nSPS) is 12.8. The topological polar surface area (TPSA) is 101 Å². The molecule has 0 radical (unpaired) electrons. The number of amides is 1. The van der Waals surface area contributed by atoms with Gasteiger partial charge in [0.1, 0.15) is 13.2 Å². The lowest BCUT2D eigenvalue weighted by Gasteiger charge is -2.24. The van der Waals surface area contributed by atoms with Gasteiger partial charge in [-0.3, -0.25) is 4.79 Å². The molecule has 3 aromatic rings. The number of carbonyl (C=O) groups is 1. The van der Waals surface area contributed by atoms with Crippen molar-refractivity contribution in [2.75, 3.05) is 30.4 Å². The number of hydrogen-bond donors (Lipinski definition) is 0. The predicted octanol–water partition coefficient (Wildman–Crippen LogP) is 4.84. The van der Waals surface area contributed by atoms with Gasteiger partial charge in [-0.1, -0.05) is 44.7 Å². The van der Waals surface area contributed by atoms with Crippen molar-refractivity contribution in [3.8, 4) is 29.0 Å². The molecular weight excluding hydrogens is 452 g/mol. The molecule has 8 nitrogen and oxygen atoms in total. The molecule has 0 unspecified atom stereocenters. The second kappa shape index (κ2) is 10.2. The summed E-state index contributed by atoms with van der Waals surface area (Å²) in [7, 11) is 0.